The van der Waals surface area contributed by atoms with Crippen LogP contribution in [0.1, 0.15) is 29.0 Å². The van der Waals surface area contributed by atoms with Gasteiger partial charge in [0.15, 0.2) is 0 Å². The first kappa shape index (κ1) is 16.4. The number of amides is 1. The first-order chi connectivity index (χ1) is 11.4. The number of hydrogen-bond donors (Lipinski definition) is 1. The van der Waals surface area contributed by atoms with E-state index in [1.165, 1.54) is 24.5 Å². The number of aromatic nitrogens is 1. The second kappa shape index (κ2) is 6.24. The first-order valence-electron chi connectivity index (χ1n) is 6.99. The summed E-state index contributed by atoms with van der Waals surface area (Å²) in [5.41, 5.74) is 3.21. The van der Waals surface area contributed by atoms with Gasteiger partial charge in [0.05, 0.1) is 16.3 Å². The Kier molecular flexibility index (Phi) is 4.28. The Morgan fingerprint density at radius 1 is 1.17 bits per heavy atom. The number of nitrogens with zero attached hydrogens (tertiary/aromatic N) is 2. The van der Waals surface area contributed by atoms with E-state index in [2.05, 4.69) is 15.5 Å². The molecule has 1 aliphatic heterocycles. The maximum absolute atomic E-state index is 12.7. The van der Waals surface area contributed by atoms with Crippen molar-refractivity contribution in [3.05, 3.63) is 64.4 Å². The third kappa shape index (κ3) is 3.26. The van der Waals surface area contributed by atoms with Crippen molar-refractivity contribution in [2.75, 3.05) is 0 Å². The summed E-state index contributed by atoms with van der Waals surface area (Å²) in [6.45, 7) is 0. The average molecular weight is 354 g/mol. The number of carbonyl (C=O) groups is 1. The number of carbonyl (C=O) groups excluding carboxylic acids is 1. The average Bonchev–Trinajstić information content (AvgIpc) is 2.54. The summed E-state index contributed by atoms with van der Waals surface area (Å²) < 4.78 is 38.1. The van der Waals surface area contributed by atoms with Crippen molar-refractivity contribution < 1.29 is 18.0 Å². The molecule has 1 aromatic carbocycles. The van der Waals surface area contributed by atoms with Crippen molar-refractivity contribution in [1.82, 2.24) is 10.4 Å². The predicted octanol–water partition coefficient (Wildman–Crippen LogP) is 3.76. The maximum Gasteiger partial charge on any atom is 0.416 e. The highest BCUT2D eigenvalue weighted by Crippen LogP contribution is 2.33. The van der Waals surface area contributed by atoms with Gasteiger partial charge in [0.25, 0.3) is 0 Å². The molecule has 2 heterocycles. The Hall–Kier alpha value is -2.41. The van der Waals surface area contributed by atoms with Gasteiger partial charge in [0.2, 0.25) is 5.91 Å². The van der Waals surface area contributed by atoms with E-state index < -0.39 is 17.7 Å². The van der Waals surface area contributed by atoms with E-state index in [1.807, 2.05) is 0 Å². The molecule has 8 heteroatoms. The van der Waals surface area contributed by atoms with Gasteiger partial charge in [0.1, 0.15) is 0 Å². The summed E-state index contributed by atoms with van der Waals surface area (Å²) in [5.74, 6) is -0.741. The van der Waals surface area contributed by atoms with Gasteiger partial charge >= 0.3 is 6.18 Å². The first-order valence-corrected chi connectivity index (χ1v) is 7.37. The van der Waals surface area contributed by atoms with Gasteiger partial charge in [-0.2, -0.15) is 18.3 Å². The van der Waals surface area contributed by atoms with Gasteiger partial charge in [0, 0.05) is 24.7 Å². The molecular formula is C16H11ClF3N3O. The molecule has 0 saturated heterocycles. The monoisotopic (exact) mass is 353 g/mol. The minimum atomic E-state index is -4.41. The quantitative estimate of drug-likeness (QED) is 0.893. The van der Waals surface area contributed by atoms with Crippen molar-refractivity contribution in [3.8, 4) is 0 Å². The lowest BCUT2D eigenvalue weighted by Gasteiger charge is -2.24. The second-order valence-corrected chi connectivity index (χ2v) is 5.67. The van der Waals surface area contributed by atoms with Gasteiger partial charge in [-0.3, -0.25) is 9.78 Å². The number of alkyl halides is 3. The summed E-state index contributed by atoms with van der Waals surface area (Å²) in [6, 6.07) is 6.31. The lowest BCUT2D eigenvalue weighted by molar-refractivity contribution is -0.137. The molecule has 0 saturated carbocycles. The number of hydrogen-bond acceptors (Lipinski definition) is 3. The molecule has 0 radical (unpaired) electrons. The molecule has 124 valence electrons. The number of benzene rings is 1. The predicted molar refractivity (Wildman–Crippen MR) is 82.7 cm³/mol. The number of rotatable bonds is 2. The zero-order valence-corrected chi connectivity index (χ0v) is 12.9. The molecule has 0 spiro atoms. The zero-order chi connectivity index (χ0) is 17.3. The lowest BCUT2D eigenvalue weighted by Crippen LogP contribution is -2.32. The minimum absolute atomic E-state index is 0.101. The highest BCUT2D eigenvalue weighted by molar-refractivity contribution is 6.31. The number of pyridine rings is 1. The van der Waals surface area contributed by atoms with Crippen LogP contribution >= 0.6 is 11.6 Å². The second-order valence-electron chi connectivity index (χ2n) is 5.26. The van der Waals surface area contributed by atoms with Crippen LogP contribution in [0.4, 0.5) is 13.2 Å². The SMILES string of the molecule is O=C1CC(c2ccncc2Cl)C(c2ccc(C(F)(F)F)cc2)=NN1. The summed E-state index contributed by atoms with van der Waals surface area (Å²) in [4.78, 5) is 15.6. The number of halogens is 4. The van der Waals surface area contributed by atoms with Crippen LogP contribution in [0, 0.1) is 0 Å². The highest BCUT2D eigenvalue weighted by Gasteiger charge is 2.32. The van der Waals surface area contributed by atoms with Crippen LogP contribution in [0.5, 0.6) is 0 Å². The largest absolute Gasteiger partial charge is 0.416 e. The topological polar surface area (TPSA) is 54.4 Å². The molecule has 1 atom stereocenters. The van der Waals surface area contributed by atoms with Crippen LogP contribution in [0.15, 0.2) is 47.8 Å². The third-order valence-corrected chi connectivity index (χ3v) is 4.02. The normalized spacial score (nSPS) is 18.1. The Labute approximate surface area is 140 Å². The van der Waals surface area contributed by atoms with Crippen LogP contribution < -0.4 is 5.43 Å². The molecule has 1 aliphatic rings. The van der Waals surface area contributed by atoms with E-state index in [1.54, 1.807) is 6.07 Å². The molecule has 0 fully saturated rings. The molecule has 1 N–H and O–H groups in total. The van der Waals surface area contributed by atoms with E-state index in [-0.39, 0.29) is 12.3 Å². The molecule has 24 heavy (non-hydrogen) atoms. The minimum Gasteiger partial charge on any atom is -0.273 e. The smallest absolute Gasteiger partial charge is 0.273 e. The van der Waals surface area contributed by atoms with Crippen LogP contribution in [0.3, 0.4) is 0 Å². The Bertz CT molecular complexity index is 803. The van der Waals surface area contributed by atoms with Crippen molar-refractivity contribution >= 4 is 23.2 Å². The van der Waals surface area contributed by atoms with Crippen LogP contribution in [0.25, 0.3) is 0 Å². The van der Waals surface area contributed by atoms with E-state index in [4.69, 9.17) is 11.6 Å². The van der Waals surface area contributed by atoms with Crippen LogP contribution in [-0.2, 0) is 11.0 Å². The fraction of sp³-hybridized carbons (Fsp3) is 0.188. The number of nitrogens with one attached hydrogen (secondary N) is 1. The van der Waals surface area contributed by atoms with E-state index in [9.17, 15) is 18.0 Å². The molecule has 1 aromatic heterocycles. The Morgan fingerprint density at radius 2 is 1.88 bits per heavy atom. The molecule has 1 amide bonds. The fourth-order valence-electron chi connectivity index (χ4n) is 2.55. The van der Waals surface area contributed by atoms with E-state index in [0.717, 1.165) is 12.1 Å². The number of hydrazone groups is 1. The van der Waals surface area contributed by atoms with Crippen molar-refractivity contribution in [3.63, 3.8) is 0 Å². The molecule has 4 nitrogen and oxygen atoms in total. The standard InChI is InChI=1S/C16H11ClF3N3O/c17-13-8-21-6-5-11(13)12-7-14(24)22-23-15(12)9-1-3-10(4-2-9)16(18,19)20/h1-6,8,12H,7H2,(H,22,24). The highest BCUT2D eigenvalue weighted by atomic mass is 35.5. The molecule has 2 aromatic rings. The van der Waals surface area contributed by atoms with Crippen molar-refractivity contribution in [2.24, 2.45) is 5.10 Å². The molecule has 1 unspecified atom stereocenters. The molecule has 3 rings (SSSR count). The Morgan fingerprint density at radius 3 is 2.50 bits per heavy atom. The van der Waals surface area contributed by atoms with Gasteiger partial charge in [-0.1, -0.05) is 23.7 Å². The summed E-state index contributed by atoms with van der Waals surface area (Å²) in [7, 11) is 0. The van der Waals surface area contributed by atoms with Crippen LogP contribution in [0.2, 0.25) is 5.02 Å². The molecule has 0 bridgehead atoms. The van der Waals surface area contributed by atoms with E-state index >= 15 is 0 Å². The van der Waals surface area contributed by atoms with Gasteiger partial charge < -0.3 is 0 Å². The lowest BCUT2D eigenvalue weighted by atomic mass is 9.86. The van der Waals surface area contributed by atoms with Gasteiger partial charge in [-0.05, 0) is 29.3 Å². The van der Waals surface area contributed by atoms with Crippen molar-refractivity contribution in [2.45, 2.75) is 18.5 Å². The van der Waals surface area contributed by atoms with Gasteiger partial charge in [-0.25, -0.2) is 5.43 Å². The van der Waals surface area contributed by atoms with Gasteiger partial charge in [-0.15, -0.1) is 0 Å². The molecule has 0 aliphatic carbocycles. The van der Waals surface area contributed by atoms with E-state index in [0.29, 0.717) is 21.9 Å². The van der Waals surface area contributed by atoms with Crippen molar-refractivity contribution in [1.29, 1.82) is 0 Å². The summed E-state index contributed by atoms with van der Waals surface area (Å²) in [5, 5.41) is 4.40. The molecular weight excluding hydrogens is 343 g/mol. The fourth-order valence-corrected chi connectivity index (χ4v) is 2.80. The Balaban J connectivity index is 2.01. The zero-order valence-electron chi connectivity index (χ0n) is 12.1. The van der Waals surface area contributed by atoms with Crippen LogP contribution in [-0.4, -0.2) is 16.6 Å². The maximum atomic E-state index is 12.7. The summed E-state index contributed by atoms with van der Waals surface area (Å²) in [6.07, 6.45) is -1.32. The third-order valence-electron chi connectivity index (χ3n) is 3.71. The summed E-state index contributed by atoms with van der Waals surface area (Å²) >= 11 is 6.15.